The van der Waals surface area contributed by atoms with Crippen molar-refractivity contribution in [1.82, 2.24) is 4.98 Å². The number of H-pyrrole nitrogens is 1. The molecule has 38 valence electrons. The SMILES string of the molecule is Oc1cc[nH]c1Br. The molecule has 1 heterocycles. The largest absolute Gasteiger partial charge is 0.505 e. The Morgan fingerprint density at radius 3 is 2.57 bits per heavy atom. The molecule has 0 spiro atoms. The lowest BCUT2D eigenvalue weighted by Crippen LogP contribution is -1.55. The van der Waals surface area contributed by atoms with Gasteiger partial charge in [-0.25, -0.2) is 0 Å². The van der Waals surface area contributed by atoms with Gasteiger partial charge < -0.3 is 10.1 Å². The van der Waals surface area contributed by atoms with Crippen molar-refractivity contribution < 1.29 is 5.11 Å². The maximum absolute atomic E-state index is 8.68. The summed E-state index contributed by atoms with van der Waals surface area (Å²) in [6.07, 6.45) is 1.65. The Balaban J connectivity index is 3.12. The Morgan fingerprint density at radius 2 is 2.43 bits per heavy atom. The second kappa shape index (κ2) is 1.58. The highest BCUT2D eigenvalue weighted by Gasteiger charge is 1.91. The molecule has 0 bridgehead atoms. The molecule has 0 aromatic carbocycles. The monoisotopic (exact) mass is 161 g/mol. The number of rotatable bonds is 0. The molecule has 1 aromatic heterocycles. The number of halogens is 1. The van der Waals surface area contributed by atoms with E-state index in [1.165, 1.54) is 0 Å². The first kappa shape index (κ1) is 4.71. The van der Waals surface area contributed by atoms with Crippen molar-refractivity contribution in [3.8, 4) is 5.75 Å². The van der Waals surface area contributed by atoms with Crippen molar-refractivity contribution in [3.05, 3.63) is 16.9 Å². The predicted octanol–water partition coefficient (Wildman–Crippen LogP) is 1.48. The fourth-order valence-corrected chi connectivity index (χ4v) is 0.605. The lowest BCUT2D eigenvalue weighted by Gasteiger charge is -1.78. The standard InChI is InChI=1S/C4H4BrNO/c5-4-3(7)1-2-6-4/h1-2,6-7H. The zero-order chi connectivity index (χ0) is 5.28. The molecule has 3 heteroatoms. The van der Waals surface area contributed by atoms with E-state index in [0.717, 1.165) is 0 Å². The van der Waals surface area contributed by atoms with Gasteiger partial charge in [0.2, 0.25) is 0 Å². The van der Waals surface area contributed by atoms with E-state index in [9.17, 15) is 0 Å². The van der Waals surface area contributed by atoms with Crippen LogP contribution in [0, 0.1) is 0 Å². The summed E-state index contributed by atoms with van der Waals surface area (Å²) in [5.74, 6) is 0.250. The Bertz CT molecular complexity index is 144. The zero-order valence-electron chi connectivity index (χ0n) is 3.48. The van der Waals surface area contributed by atoms with Crippen molar-refractivity contribution in [3.63, 3.8) is 0 Å². The maximum atomic E-state index is 8.68. The van der Waals surface area contributed by atoms with Crippen molar-refractivity contribution in [2.45, 2.75) is 0 Å². The van der Waals surface area contributed by atoms with Crippen LogP contribution in [0.5, 0.6) is 5.75 Å². The fraction of sp³-hybridized carbons (Fsp3) is 0. The van der Waals surface area contributed by atoms with Crippen LogP contribution in [0.25, 0.3) is 0 Å². The summed E-state index contributed by atoms with van der Waals surface area (Å²) in [4.78, 5) is 2.73. The summed E-state index contributed by atoms with van der Waals surface area (Å²) in [5.41, 5.74) is 0. The Labute approximate surface area is 49.3 Å². The summed E-state index contributed by atoms with van der Waals surface area (Å²) < 4.78 is 0.632. The number of hydrogen-bond acceptors (Lipinski definition) is 1. The molecule has 2 nitrogen and oxygen atoms in total. The highest BCUT2D eigenvalue weighted by atomic mass is 79.9. The van der Waals surface area contributed by atoms with Crippen LogP contribution in [0.15, 0.2) is 16.9 Å². The van der Waals surface area contributed by atoms with E-state index in [-0.39, 0.29) is 5.75 Å². The molecule has 0 radical (unpaired) electrons. The van der Waals surface area contributed by atoms with Crippen molar-refractivity contribution >= 4 is 15.9 Å². The van der Waals surface area contributed by atoms with E-state index in [1.807, 2.05) is 0 Å². The Morgan fingerprint density at radius 1 is 1.71 bits per heavy atom. The minimum absolute atomic E-state index is 0.250. The van der Waals surface area contributed by atoms with Crippen LogP contribution in [0.2, 0.25) is 0 Å². The third-order valence-electron chi connectivity index (χ3n) is 0.676. The van der Waals surface area contributed by atoms with Gasteiger partial charge in [0.1, 0.15) is 10.4 Å². The van der Waals surface area contributed by atoms with Gasteiger partial charge in [-0.1, -0.05) is 0 Å². The Kier molecular flexibility index (Phi) is 1.06. The van der Waals surface area contributed by atoms with E-state index in [1.54, 1.807) is 12.3 Å². The second-order valence-electron chi connectivity index (χ2n) is 1.18. The summed E-state index contributed by atoms with van der Waals surface area (Å²) in [5, 5.41) is 8.68. The number of nitrogens with one attached hydrogen (secondary N) is 1. The molecule has 7 heavy (non-hydrogen) atoms. The molecule has 0 aliphatic rings. The summed E-state index contributed by atoms with van der Waals surface area (Å²) in [6, 6.07) is 1.57. The van der Waals surface area contributed by atoms with Crippen LogP contribution < -0.4 is 0 Å². The molecular formula is C4H4BrNO. The minimum atomic E-state index is 0.250. The summed E-state index contributed by atoms with van der Waals surface area (Å²) >= 11 is 3.06. The predicted molar refractivity (Wildman–Crippen MR) is 30.2 cm³/mol. The van der Waals surface area contributed by atoms with Gasteiger partial charge in [-0.3, -0.25) is 0 Å². The van der Waals surface area contributed by atoms with Crippen LogP contribution in [-0.4, -0.2) is 10.1 Å². The van der Waals surface area contributed by atoms with Gasteiger partial charge in [0.15, 0.2) is 0 Å². The van der Waals surface area contributed by atoms with Crippen molar-refractivity contribution in [2.75, 3.05) is 0 Å². The van der Waals surface area contributed by atoms with Gasteiger partial charge in [-0.05, 0) is 22.0 Å². The first-order valence-electron chi connectivity index (χ1n) is 1.82. The first-order valence-corrected chi connectivity index (χ1v) is 2.62. The lowest BCUT2D eigenvalue weighted by atomic mass is 10.6. The normalized spacial score (nSPS) is 9.29. The molecule has 0 fully saturated rings. The molecular weight excluding hydrogens is 158 g/mol. The molecule has 1 rings (SSSR count). The van der Waals surface area contributed by atoms with Crippen LogP contribution in [0.3, 0.4) is 0 Å². The molecule has 0 amide bonds. The number of aromatic nitrogens is 1. The highest BCUT2D eigenvalue weighted by Crippen LogP contribution is 2.19. The third-order valence-corrected chi connectivity index (χ3v) is 1.31. The topological polar surface area (TPSA) is 36.0 Å². The number of aromatic hydroxyl groups is 1. The van der Waals surface area contributed by atoms with Crippen LogP contribution in [0.1, 0.15) is 0 Å². The van der Waals surface area contributed by atoms with Crippen molar-refractivity contribution in [2.24, 2.45) is 0 Å². The van der Waals surface area contributed by atoms with E-state index >= 15 is 0 Å². The van der Waals surface area contributed by atoms with Gasteiger partial charge in [0.05, 0.1) is 0 Å². The van der Waals surface area contributed by atoms with Gasteiger partial charge in [-0.15, -0.1) is 0 Å². The highest BCUT2D eigenvalue weighted by molar-refractivity contribution is 9.10. The molecule has 1 aromatic rings. The van der Waals surface area contributed by atoms with Gasteiger partial charge in [0.25, 0.3) is 0 Å². The molecule has 0 aliphatic heterocycles. The quantitative estimate of drug-likeness (QED) is 0.595. The molecule has 0 unspecified atom stereocenters. The number of hydrogen-bond donors (Lipinski definition) is 2. The van der Waals surface area contributed by atoms with Gasteiger partial charge in [-0.2, -0.15) is 0 Å². The molecule has 2 N–H and O–H groups in total. The van der Waals surface area contributed by atoms with Gasteiger partial charge >= 0.3 is 0 Å². The van der Waals surface area contributed by atoms with Gasteiger partial charge in [0, 0.05) is 6.20 Å². The van der Waals surface area contributed by atoms with Crippen molar-refractivity contribution in [1.29, 1.82) is 0 Å². The van der Waals surface area contributed by atoms with Crippen LogP contribution >= 0.6 is 15.9 Å². The average molecular weight is 162 g/mol. The minimum Gasteiger partial charge on any atom is -0.505 e. The summed E-state index contributed by atoms with van der Waals surface area (Å²) in [6.45, 7) is 0. The van der Waals surface area contributed by atoms with E-state index in [2.05, 4.69) is 20.9 Å². The average Bonchev–Trinajstić information content (AvgIpc) is 1.91. The van der Waals surface area contributed by atoms with E-state index < -0.39 is 0 Å². The van der Waals surface area contributed by atoms with E-state index in [0.29, 0.717) is 4.60 Å². The van der Waals surface area contributed by atoms with E-state index in [4.69, 9.17) is 5.11 Å². The first-order chi connectivity index (χ1) is 3.30. The summed E-state index contributed by atoms with van der Waals surface area (Å²) in [7, 11) is 0. The molecule has 0 aliphatic carbocycles. The second-order valence-corrected chi connectivity index (χ2v) is 1.97. The Hall–Kier alpha value is -0.440. The fourth-order valence-electron chi connectivity index (χ4n) is 0.341. The van der Waals surface area contributed by atoms with Crippen LogP contribution in [0.4, 0.5) is 0 Å². The molecule has 0 saturated carbocycles. The maximum Gasteiger partial charge on any atom is 0.147 e. The smallest absolute Gasteiger partial charge is 0.147 e. The zero-order valence-corrected chi connectivity index (χ0v) is 5.07. The van der Waals surface area contributed by atoms with Crippen LogP contribution in [-0.2, 0) is 0 Å². The number of aromatic amines is 1. The molecule has 0 atom stereocenters. The molecule has 0 saturated heterocycles. The lowest BCUT2D eigenvalue weighted by molar-refractivity contribution is 0.472. The third kappa shape index (κ3) is 0.771.